The van der Waals surface area contributed by atoms with Gasteiger partial charge in [-0.1, -0.05) is 226 Å². The van der Waals surface area contributed by atoms with Crippen LogP contribution in [0, 0.1) is 0 Å². The largest absolute Gasteiger partial charge is 0.462 e. The molecule has 0 aromatic carbocycles. The van der Waals surface area contributed by atoms with Crippen molar-refractivity contribution >= 4 is 17.9 Å². The summed E-state index contributed by atoms with van der Waals surface area (Å²) >= 11 is 0. The number of rotatable bonds is 51. The van der Waals surface area contributed by atoms with E-state index in [4.69, 9.17) is 14.2 Å². The summed E-state index contributed by atoms with van der Waals surface area (Å²) in [4.78, 5) is 38.2. The normalized spacial score (nSPS) is 13.0. The summed E-state index contributed by atoms with van der Waals surface area (Å²) in [6, 6.07) is 0. The van der Waals surface area contributed by atoms with Crippen molar-refractivity contribution in [2.24, 2.45) is 0 Å². The second-order valence-electron chi connectivity index (χ2n) is 18.8. The summed E-state index contributed by atoms with van der Waals surface area (Å²) in [7, 11) is 0. The van der Waals surface area contributed by atoms with E-state index in [1.165, 1.54) is 103 Å². The predicted octanol–water partition coefficient (Wildman–Crippen LogP) is 19.6. The monoisotopic (exact) mass is 983 g/mol. The molecule has 0 aromatic heterocycles. The number of ether oxygens (including phenoxy) is 3. The number of carbonyl (C=O) groups excluding carboxylic acids is 3. The number of hydrogen-bond donors (Lipinski definition) is 0. The quantitative estimate of drug-likeness (QED) is 0.0261. The second-order valence-corrected chi connectivity index (χ2v) is 18.8. The van der Waals surface area contributed by atoms with Gasteiger partial charge in [0.25, 0.3) is 0 Å². The summed E-state index contributed by atoms with van der Waals surface area (Å²) in [5, 5.41) is 0. The van der Waals surface area contributed by atoms with Crippen molar-refractivity contribution < 1.29 is 28.6 Å². The van der Waals surface area contributed by atoms with Gasteiger partial charge in [0, 0.05) is 19.3 Å². The van der Waals surface area contributed by atoms with E-state index in [2.05, 4.69) is 130 Å². The highest BCUT2D eigenvalue weighted by molar-refractivity contribution is 5.71. The van der Waals surface area contributed by atoms with Crippen LogP contribution in [0.3, 0.4) is 0 Å². The molecule has 0 saturated carbocycles. The van der Waals surface area contributed by atoms with Gasteiger partial charge in [-0.15, -0.1) is 0 Å². The Hall–Kier alpha value is -4.19. The first-order valence-electron chi connectivity index (χ1n) is 29.0. The number of allylic oxidation sites excluding steroid dienone is 20. The molecule has 0 radical (unpaired) electrons. The van der Waals surface area contributed by atoms with Gasteiger partial charge in [0.1, 0.15) is 13.2 Å². The zero-order chi connectivity index (χ0) is 51.4. The van der Waals surface area contributed by atoms with Gasteiger partial charge < -0.3 is 14.2 Å². The lowest BCUT2D eigenvalue weighted by atomic mass is 10.1. The fourth-order valence-electron chi connectivity index (χ4n) is 7.52. The van der Waals surface area contributed by atoms with Crippen LogP contribution in [0.25, 0.3) is 0 Å². The van der Waals surface area contributed by atoms with Gasteiger partial charge in [0.15, 0.2) is 6.10 Å². The molecule has 6 nitrogen and oxygen atoms in total. The van der Waals surface area contributed by atoms with Crippen LogP contribution in [0.5, 0.6) is 0 Å². The smallest absolute Gasteiger partial charge is 0.306 e. The minimum atomic E-state index is -0.835. The van der Waals surface area contributed by atoms with E-state index in [9.17, 15) is 14.4 Å². The standard InChI is InChI=1S/C65H106O6/c1-4-7-10-13-16-19-22-25-28-31-32-35-38-41-44-47-50-53-56-59-65(68)71-62(60-69-63(66)57-54-51-48-45-42-39-36-33-29-26-23-20-17-14-11-8-5-2)61-70-64(67)58-55-52-49-46-43-40-37-34-30-27-24-21-18-15-12-9-6-3/h16-21,25-30,32,35-36,39,41,44,50,53,62H,4-15,22-24,31,33-34,37-38,40,42-43,45-49,51-52,54-61H2,1-3H3/b19-16-,20-17-,21-18-,28-25-,29-26-,30-27-,35-32-,39-36-,44-41-,53-50-/t62-/m1/s1. The van der Waals surface area contributed by atoms with Crippen LogP contribution in [-0.2, 0) is 28.6 Å². The molecule has 71 heavy (non-hydrogen) atoms. The third kappa shape index (κ3) is 56.6. The molecule has 0 unspecified atom stereocenters. The second kappa shape index (κ2) is 58.4. The first-order valence-corrected chi connectivity index (χ1v) is 29.0. The van der Waals surface area contributed by atoms with Gasteiger partial charge in [0.2, 0.25) is 0 Å². The van der Waals surface area contributed by atoms with Gasteiger partial charge in [0.05, 0.1) is 0 Å². The molecule has 0 N–H and O–H groups in total. The third-order valence-corrected chi connectivity index (χ3v) is 11.9. The van der Waals surface area contributed by atoms with Crippen molar-refractivity contribution in [1.29, 1.82) is 0 Å². The maximum Gasteiger partial charge on any atom is 0.306 e. The summed E-state index contributed by atoms with van der Waals surface area (Å²) in [5.41, 5.74) is 0. The first kappa shape index (κ1) is 66.8. The van der Waals surface area contributed by atoms with Gasteiger partial charge in [-0.3, -0.25) is 14.4 Å². The topological polar surface area (TPSA) is 78.9 Å². The molecule has 0 rings (SSSR count). The highest BCUT2D eigenvalue weighted by Gasteiger charge is 2.19. The lowest BCUT2D eigenvalue weighted by molar-refractivity contribution is -0.166. The molecule has 0 spiro atoms. The van der Waals surface area contributed by atoms with Crippen molar-refractivity contribution in [2.45, 2.75) is 258 Å². The van der Waals surface area contributed by atoms with E-state index in [0.29, 0.717) is 19.3 Å². The molecule has 0 aliphatic heterocycles. The number of carbonyl (C=O) groups is 3. The molecule has 0 bridgehead atoms. The van der Waals surface area contributed by atoms with Crippen molar-refractivity contribution in [3.63, 3.8) is 0 Å². The van der Waals surface area contributed by atoms with Gasteiger partial charge >= 0.3 is 17.9 Å². The van der Waals surface area contributed by atoms with Crippen LogP contribution in [0.4, 0.5) is 0 Å². The Labute approximate surface area is 437 Å². The van der Waals surface area contributed by atoms with Gasteiger partial charge in [-0.05, 0) is 128 Å². The SMILES string of the molecule is CCCCC/C=C\C/C=C\C/C=C\C/C=C\C/C=C\CCC(=O)O[C@H](COC(=O)CCCCCC/C=C\C/C=C\C/C=C\CCCCC)COC(=O)CCCCCCCCC/C=C\C/C=C\CCCCC. The summed E-state index contributed by atoms with van der Waals surface area (Å²) in [5.74, 6) is -1.04. The van der Waals surface area contributed by atoms with E-state index in [-0.39, 0.29) is 31.6 Å². The Kier molecular flexibility index (Phi) is 54.9. The lowest BCUT2D eigenvalue weighted by Gasteiger charge is -2.18. The van der Waals surface area contributed by atoms with E-state index < -0.39 is 12.1 Å². The van der Waals surface area contributed by atoms with Crippen LogP contribution in [0.1, 0.15) is 252 Å². The van der Waals surface area contributed by atoms with Gasteiger partial charge in [-0.2, -0.15) is 0 Å². The lowest BCUT2D eigenvalue weighted by Crippen LogP contribution is -2.30. The third-order valence-electron chi connectivity index (χ3n) is 11.9. The molecular weight excluding hydrogens is 877 g/mol. The molecule has 0 fully saturated rings. The Bertz CT molecular complexity index is 1500. The van der Waals surface area contributed by atoms with Crippen LogP contribution >= 0.6 is 0 Å². The zero-order valence-corrected chi connectivity index (χ0v) is 45.9. The molecular formula is C65H106O6. The number of unbranched alkanes of at least 4 members (excludes halogenated alkanes) is 20. The molecule has 0 aliphatic rings. The van der Waals surface area contributed by atoms with E-state index in [0.717, 1.165) is 103 Å². The van der Waals surface area contributed by atoms with Crippen LogP contribution in [0.2, 0.25) is 0 Å². The van der Waals surface area contributed by atoms with Crippen LogP contribution < -0.4 is 0 Å². The van der Waals surface area contributed by atoms with Gasteiger partial charge in [-0.25, -0.2) is 0 Å². The molecule has 0 saturated heterocycles. The van der Waals surface area contributed by atoms with E-state index >= 15 is 0 Å². The molecule has 0 heterocycles. The van der Waals surface area contributed by atoms with Crippen molar-refractivity contribution in [2.75, 3.05) is 13.2 Å². The summed E-state index contributed by atoms with van der Waals surface area (Å²) in [6.07, 6.45) is 80.5. The fraction of sp³-hybridized carbons (Fsp3) is 0.646. The summed E-state index contributed by atoms with van der Waals surface area (Å²) < 4.78 is 16.8. The Morgan fingerprint density at radius 2 is 0.535 bits per heavy atom. The van der Waals surface area contributed by atoms with E-state index in [1.807, 2.05) is 12.2 Å². The maximum atomic E-state index is 12.8. The molecule has 0 aliphatic carbocycles. The zero-order valence-electron chi connectivity index (χ0n) is 45.9. The van der Waals surface area contributed by atoms with Crippen molar-refractivity contribution in [3.8, 4) is 0 Å². The minimum absolute atomic E-state index is 0.122. The summed E-state index contributed by atoms with van der Waals surface area (Å²) in [6.45, 7) is 6.47. The van der Waals surface area contributed by atoms with Crippen molar-refractivity contribution in [3.05, 3.63) is 122 Å². The predicted molar refractivity (Wildman–Crippen MR) is 306 cm³/mol. The van der Waals surface area contributed by atoms with Crippen LogP contribution in [0.15, 0.2) is 122 Å². The number of esters is 3. The Morgan fingerprint density at radius 3 is 0.845 bits per heavy atom. The molecule has 0 aromatic rings. The molecule has 6 heteroatoms. The molecule has 1 atom stereocenters. The van der Waals surface area contributed by atoms with Crippen LogP contribution in [-0.4, -0.2) is 37.2 Å². The molecule has 0 amide bonds. The average molecular weight is 984 g/mol. The fourth-order valence-corrected chi connectivity index (χ4v) is 7.52. The first-order chi connectivity index (χ1) is 35.0. The minimum Gasteiger partial charge on any atom is -0.462 e. The highest BCUT2D eigenvalue weighted by atomic mass is 16.6. The average Bonchev–Trinajstić information content (AvgIpc) is 3.37. The Balaban J connectivity index is 4.58. The maximum absolute atomic E-state index is 12.8. The Morgan fingerprint density at radius 1 is 0.282 bits per heavy atom. The van der Waals surface area contributed by atoms with Crippen molar-refractivity contribution in [1.82, 2.24) is 0 Å². The molecule has 402 valence electrons. The highest BCUT2D eigenvalue weighted by Crippen LogP contribution is 2.13. The van der Waals surface area contributed by atoms with E-state index in [1.54, 1.807) is 0 Å². The number of hydrogen-bond acceptors (Lipinski definition) is 6.